The van der Waals surface area contributed by atoms with E-state index >= 15 is 0 Å². The van der Waals surface area contributed by atoms with Gasteiger partial charge < -0.3 is 4.90 Å². The summed E-state index contributed by atoms with van der Waals surface area (Å²) >= 11 is 3.03. The summed E-state index contributed by atoms with van der Waals surface area (Å²) in [7, 11) is 1.80. The average molecular weight is 421 g/mol. The fourth-order valence-corrected chi connectivity index (χ4v) is 4.64. The Balaban J connectivity index is 1.64. The topological polar surface area (TPSA) is 51.0 Å². The van der Waals surface area contributed by atoms with Crippen LogP contribution in [0, 0.1) is 0 Å². The van der Waals surface area contributed by atoms with Crippen molar-refractivity contribution >= 4 is 34.7 Å². The van der Waals surface area contributed by atoms with Crippen molar-refractivity contribution in [2.24, 2.45) is 0 Å². The number of thiophene rings is 1. The van der Waals surface area contributed by atoms with Crippen LogP contribution in [0.3, 0.4) is 0 Å². The molecule has 0 aliphatic carbocycles. The standard InChI is InChI=1S/C22H20N4OS2/c1-16(21(27)25(2)17-10-5-3-6-11-17)29-22-24-23-20(19-14-9-15-28-19)26(22)18-12-7-4-8-13-18/h3-16H,1-2H3. The van der Waals surface area contributed by atoms with Gasteiger partial charge in [0.1, 0.15) is 0 Å². The summed E-state index contributed by atoms with van der Waals surface area (Å²) in [5, 5.41) is 11.2. The summed E-state index contributed by atoms with van der Waals surface area (Å²) in [6.07, 6.45) is 0. The molecular weight excluding hydrogens is 400 g/mol. The molecule has 7 heteroatoms. The molecule has 2 heterocycles. The third kappa shape index (κ3) is 4.11. The third-order valence-corrected chi connectivity index (χ3v) is 6.39. The Morgan fingerprint density at radius 1 is 1.00 bits per heavy atom. The summed E-state index contributed by atoms with van der Waals surface area (Å²) in [6.45, 7) is 1.90. The van der Waals surface area contributed by atoms with Crippen LogP contribution in [0.25, 0.3) is 16.4 Å². The van der Waals surface area contributed by atoms with Gasteiger partial charge in [-0.15, -0.1) is 21.5 Å². The third-order valence-electron chi connectivity index (χ3n) is 4.49. The van der Waals surface area contributed by atoms with Gasteiger partial charge in [-0.2, -0.15) is 0 Å². The first-order chi connectivity index (χ1) is 14.1. The van der Waals surface area contributed by atoms with Crippen LogP contribution < -0.4 is 4.90 Å². The number of nitrogens with zero attached hydrogens (tertiary/aromatic N) is 4. The highest BCUT2D eigenvalue weighted by Crippen LogP contribution is 2.32. The molecule has 146 valence electrons. The Hall–Kier alpha value is -2.90. The van der Waals surface area contributed by atoms with E-state index in [9.17, 15) is 4.79 Å². The van der Waals surface area contributed by atoms with Gasteiger partial charge in [-0.25, -0.2) is 0 Å². The minimum atomic E-state index is -0.317. The second kappa shape index (κ2) is 8.63. The Morgan fingerprint density at radius 2 is 1.69 bits per heavy atom. The Morgan fingerprint density at radius 3 is 2.34 bits per heavy atom. The van der Waals surface area contributed by atoms with Gasteiger partial charge in [0.2, 0.25) is 5.91 Å². The molecule has 5 nitrogen and oxygen atoms in total. The number of carbonyl (C=O) groups is 1. The zero-order chi connectivity index (χ0) is 20.2. The highest BCUT2D eigenvalue weighted by Gasteiger charge is 2.24. The van der Waals surface area contributed by atoms with Gasteiger partial charge in [-0.05, 0) is 42.6 Å². The van der Waals surface area contributed by atoms with Crippen molar-refractivity contribution in [2.75, 3.05) is 11.9 Å². The van der Waals surface area contributed by atoms with Crippen LogP contribution in [0.2, 0.25) is 0 Å². The smallest absolute Gasteiger partial charge is 0.240 e. The van der Waals surface area contributed by atoms with Crippen LogP contribution in [0.5, 0.6) is 0 Å². The first-order valence-corrected chi connectivity index (χ1v) is 10.9. The number of para-hydroxylation sites is 2. The molecule has 0 aliphatic heterocycles. The van der Waals surface area contributed by atoms with Gasteiger partial charge in [-0.3, -0.25) is 9.36 Å². The number of carbonyl (C=O) groups excluding carboxylic acids is 1. The molecule has 0 spiro atoms. The predicted octanol–water partition coefficient (Wildman–Crippen LogP) is 5.14. The van der Waals surface area contributed by atoms with E-state index in [0.717, 1.165) is 22.1 Å². The molecule has 1 unspecified atom stereocenters. The Bertz CT molecular complexity index is 1080. The van der Waals surface area contributed by atoms with Gasteiger partial charge in [-0.1, -0.05) is 54.2 Å². The number of rotatable bonds is 6. The highest BCUT2D eigenvalue weighted by atomic mass is 32.2. The van der Waals surface area contributed by atoms with Crippen molar-refractivity contribution in [3.8, 4) is 16.4 Å². The highest BCUT2D eigenvalue weighted by molar-refractivity contribution is 8.00. The number of aromatic nitrogens is 3. The fraction of sp³-hybridized carbons (Fsp3) is 0.136. The quantitative estimate of drug-likeness (QED) is 0.405. The normalized spacial score (nSPS) is 11.9. The lowest BCUT2D eigenvalue weighted by atomic mass is 10.3. The molecule has 0 aliphatic rings. The molecule has 1 atom stereocenters. The van der Waals surface area contributed by atoms with E-state index < -0.39 is 0 Å². The number of amides is 1. The Labute approximate surface area is 178 Å². The van der Waals surface area contributed by atoms with Crippen molar-refractivity contribution in [1.82, 2.24) is 14.8 Å². The van der Waals surface area contributed by atoms with Crippen LogP contribution >= 0.6 is 23.1 Å². The predicted molar refractivity (Wildman–Crippen MR) is 120 cm³/mol. The van der Waals surface area contributed by atoms with Crippen LogP contribution in [-0.4, -0.2) is 33.0 Å². The van der Waals surface area contributed by atoms with Gasteiger partial charge in [0, 0.05) is 18.4 Å². The largest absolute Gasteiger partial charge is 0.315 e. The average Bonchev–Trinajstić information content (AvgIpc) is 3.43. The van der Waals surface area contributed by atoms with Crippen LogP contribution in [0.15, 0.2) is 83.3 Å². The Kier molecular flexibility index (Phi) is 5.78. The van der Waals surface area contributed by atoms with E-state index in [1.165, 1.54) is 11.8 Å². The van der Waals surface area contributed by atoms with Gasteiger partial charge in [0.15, 0.2) is 11.0 Å². The van der Waals surface area contributed by atoms with Crippen molar-refractivity contribution in [1.29, 1.82) is 0 Å². The first-order valence-electron chi connectivity index (χ1n) is 9.19. The summed E-state index contributed by atoms with van der Waals surface area (Å²) in [5.41, 5.74) is 1.84. The second-order valence-corrected chi connectivity index (χ2v) is 8.70. The minimum absolute atomic E-state index is 0.0153. The van der Waals surface area contributed by atoms with Crippen LogP contribution in [-0.2, 0) is 4.79 Å². The second-order valence-electron chi connectivity index (χ2n) is 6.45. The van der Waals surface area contributed by atoms with Crippen molar-refractivity contribution in [2.45, 2.75) is 17.3 Å². The molecule has 0 bridgehead atoms. The van der Waals surface area contributed by atoms with Crippen molar-refractivity contribution in [3.63, 3.8) is 0 Å². The maximum absolute atomic E-state index is 13.0. The number of anilines is 1. The zero-order valence-corrected chi connectivity index (χ0v) is 17.7. The van der Waals surface area contributed by atoms with E-state index in [-0.39, 0.29) is 11.2 Å². The number of hydrogen-bond donors (Lipinski definition) is 0. The van der Waals surface area contributed by atoms with Crippen molar-refractivity contribution < 1.29 is 4.79 Å². The lowest BCUT2D eigenvalue weighted by Crippen LogP contribution is -2.33. The lowest BCUT2D eigenvalue weighted by Gasteiger charge is -2.21. The molecule has 0 saturated carbocycles. The summed E-state index contributed by atoms with van der Waals surface area (Å²) in [4.78, 5) is 15.7. The van der Waals surface area contributed by atoms with Gasteiger partial charge in [0.05, 0.1) is 10.1 Å². The maximum atomic E-state index is 13.0. The summed E-state index contributed by atoms with van der Waals surface area (Å²) in [5.74, 6) is 0.797. The van der Waals surface area contributed by atoms with Crippen LogP contribution in [0.1, 0.15) is 6.92 Å². The molecule has 4 aromatic rings. The molecule has 29 heavy (non-hydrogen) atoms. The molecular formula is C22H20N4OS2. The molecule has 0 saturated heterocycles. The lowest BCUT2D eigenvalue weighted by molar-refractivity contribution is -0.117. The molecule has 2 aromatic heterocycles. The zero-order valence-electron chi connectivity index (χ0n) is 16.1. The molecule has 1 amide bonds. The number of benzene rings is 2. The molecule has 0 N–H and O–H groups in total. The molecule has 0 fully saturated rings. The summed E-state index contributed by atoms with van der Waals surface area (Å²) in [6, 6.07) is 23.7. The summed E-state index contributed by atoms with van der Waals surface area (Å²) < 4.78 is 2.02. The van der Waals surface area contributed by atoms with E-state index in [1.807, 2.05) is 89.7 Å². The van der Waals surface area contributed by atoms with Gasteiger partial charge >= 0.3 is 0 Å². The van der Waals surface area contributed by atoms with E-state index in [1.54, 1.807) is 23.3 Å². The van der Waals surface area contributed by atoms with E-state index in [4.69, 9.17) is 0 Å². The van der Waals surface area contributed by atoms with E-state index in [0.29, 0.717) is 5.16 Å². The monoisotopic (exact) mass is 420 g/mol. The van der Waals surface area contributed by atoms with E-state index in [2.05, 4.69) is 10.2 Å². The van der Waals surface area contributed by atoms with Crippen molar-refractivity contribution in [3.05, 3.63) is 78.2 Å². The van der Waals surface area contributed by atoms with Gasteiger partial charge in [0.25, 0.3) is 0 Å². The maximum Gasteiger partial charge on any atom is 0.240 e. The fourth-order valence-electron chi connectivity index (χ4n) is 2.98. The SMILES string of the molecule is CC(Sc1nnc(-c2cccs2)n1-c1ccccc1)C(=O)N(C)c1ccccc1. The molecule has 4 rings (SSSR count). The number of hydrogen-bond acceptors (Lipinski definition) is 5. The minimum Gasteiger partial charge on any atom is -0.315 e. The van der Waals surface area contributed by atoms with Crippen LogP contribution in [0.4, 0.5) is 5.69 Å². The first kappa shape index (κ1) is 19.4. The number of thioether (sulfide) groups is 1. The molecule has 2 aromatic carbocycles. The molecule has 0 radical (unpaired) electrons.